The molecule has 0 bridgehead atoms. The summed E-state index contributed by atoms with van der Waals surface area (Å²) in [4.78, 5) is 0. The van der Waals surface area contributed by atoms with Crippen molar-refractivity contribution in [1.82, 2.24) is 0 Å². The maximum atomic E-state index is 10.1. The van der Waals surface area contributed by atoms with Gasteiger partial charge in [0, 0.05) is 18.3 Å². The summed E-state index contributed by atoms with van der Waals surface area (Å²) in [6.07, 6.45) is -0.552. The Morgan fingerprint density at radius 2 is 1.95 bits per heavy atom. The summed E-state index contributed by atoms with van der Waals surface area (Å²) in [5, 5.41) is 13.3. The summed E-state index contributed by atoms with van der Waals surface area (Å²) < 4.78 is 5.44. The van der Waals surface area contributed by atoms with E-state index in [1.807, 2.05) is 49.4 Å². The molecule has 0 spiro atoms. The highest BCUT2D eigenvalue weighted by atomic mass is 16.5. The number of ether oxygens (including phenoxy) is 1. The van der Waals surface area contributed by atoms with Gasteiger partial charge >= 0.3 is 0 Å². The topological polar surface area (TPSA) is 67.5 Å². The number of aliphatic hydroxyl groups is 1. The van der Waals surface area contributed by atoms with Crippen LogP contribution in [0.2, 0.25) is 0 Å². The molecule has 2 aromatic rings. The maximum absolute atomic E-state index is 10.1. The molecule has 0 saturated heterocycles. The van der Waals surface area contributed by atoms with Crippen LogP contribution in [0.3, 0.4) is 0 Å². The number of aliphatic hydroxyl groups excluding tert-OH is 1. The molecule has 0 aromatic heterocycles. The van der Waals surface area contributed by atoms with Crippen molar-refractivity contribution >= 4 is 11.4 Å². The SMILES string of the molecule is CCOc1cc(NCC(O)c2ccccc2)ccc1N. The van der Waals surface area contributed by atoms with Gasteiger partial charge in [-0.25, -0.2) is 0 Å². The summed E-state index contributed by atoms with van der Waals surface area (Å²) in [7, 11) is 0. The van der Waals surface area contributed by atoms with E-state index in [1.165, 1.54) is 0 Å². The first-order valence-corrected chi connectivity index (χ1v) is 6.70. The molecule has 0 aliphatic heterocycles. The predicted octanol–water partition coefficient (Wildman–Crippen LogP) is 2.81. The van der Waals surface area contributed by atoms with Gasteiger partial charge in [0.2, 0.25) is 0 Å². The van der Waals surface area contributed by atoms with Gasteiger partial charge in [0.1, 0.15) is 5.75 Å². The van der Waals surface area contributed by atoms with Gasteiger partial charge in [-0.15, -0.1) is 0 Å². The molecule has 1 atom stereocenters. The van der Waals surface area contributed by atoms with Gasteiger partial charge in [0.15, 0.2) is 0 Å². The third-order valence-electron chi connectivity index (χ3n) is 3.00. The number of nitrogen functional groups attached to an aromatic ring is 1. The molecular weight excluding hydrogens is 252 g/mol. The zero-order chi connectivity index (χ0) is 14.4. The highest BCUT2D eigenvalue weighted by Gasteiger charge is 2.07. The number of hydrogen-bond acceptors (Lipinski definition) is 4. The van der Waals surface area contributed by atoms with Crippen LogP contribution in [-0.2, 0) is 0 Å². The summed E-state index contributed by atoms with van der Waals surface area (Å²) in [6, 6.07) is 15.1. The summed E-state index contributed by atoms with van der Waals surface area (Å²) in [5.74, 6) is 0.659. The highest BCUT2D eigenvalue weighted by molar-refractivity contribution is 5.61. The first kappa shape index (κ1) is 14.2. The molecule has 20 heavy (non-hydrogen) atoms. The fourth-order valence-corrected chi connectivity index (χ4v) is 1.93. The molecule has 106 valence electrons. The van der Waals surface area contributed by atoms with Gasteiger partial charge in [0.05, 0.1) is 18.4 Å². The highest BCUT2D eigenvalue weighted by Crippen LogP contribution is 2.26. The fourth-order valence-electron chi connectivity index (χ4n) is 1.93. The minimum Gasteiger partial charge on any atom is -0.492 e. The van der Waals surface area contributed by atoms with Crippen molar-refractivity contribution in [2.45, 2.75) is 13.0 Å². The van der Waals surface area contributed by atoms with Crippen LogP contribution in [0.1, 0.15) is 18.6 Å². The average Bonchev–Trinajstić information content (AvgIpc) is 2.49. The molecule has 0 heterocycles. The maximum Gasteiger partial charge on any atom is 0.144 e. The van der Waals surface area contributed by atoms with E-state index < -0.39 is 6.10 Å². The van der Waals surface area contributed by atoms with Crippen molar-refractivity contribution < 1.29 is 9.84 Å². The van der Waals surface area contributed by atoms with Crippen molar-refractivity contribution in [3.8, 4) is 5.75 Å². The van der Waals surface area contributed by atoms with Gasteiger partial charge in [-0.1, -0.05) is 30.3 Å². The Kier molecular flexibility index (Phi) is 4.85. The first-order chi connectivity index (χ1) is 9.70. The lowest BCUT2D eigenvalue weighted by Crippen LogP contribution is -2.12. The lowest BCUT2D eigenvalue weighted by molar-refractivity contribution is 0.191. The van der Waals surface area contributed by atoms with Crippen LogP contribution in [0.15, 0.2) is 48.5 Å². The van der Waals surface area contributed by atoms with E-state index in [1.54, 1.807) is 6.07 Å². The molecule has 4 N–H and O–H groups in total. The molecule has 0 aliphatic rings. The van der Waals surface area contributed by atoms with E-state index in [4.69, 9.17) is 10.5 Å². The van der Waals surface area contributed by atoms with Crippen LogP contribution in [0.25, 0.3) is 0 Å². The quantitative estimate of drug-likeness (QED) is 0.707. The zero-order valence-electron chi connectivity index (χ0n) is 11.5. The van der Waals surface area contributed by atoms with Crippen molar-refractivity contribution in [2.24, 2.45) is 0 Å². The average molecular weight is 272 g/mol. The minimum atomic E-state index is -0.552. The number of anilines is 2. The van der Waals surface area contributed by atoms with Gasteiger partial charge in [0.25, 0.3) is 0 Å². The molecular formula is C16H20N2O2. The molecule has 0 aliphatic carbocycles. The molecule has 1 unspecified atom stereocenters. The van der Waals surface area contributed by atoms with Crippen LogP contribution in [0, 0.1) is 0 Å². The fraction of sp³-hybridized carbons (Fsp3) is 0.250. The van der Waals surface area contributed by atoms with E-state index in [9.17, 15) is 5.11 Å². The molecule has 0 radical (unpaired) electrons. The molecule has 0 saturated carbocycles. The van der Waals surface area contributed by atoms with Gasteiger partial charge < -0.3 is 20.9 Å². The zero-order valence-corrected chi connectivity index (χ0v) is 11.5. The Balaban J connectivity index is 1.98. The molecule has 2 rings (SSSR count). The van der Waals surface area contributed by atoms with E-state index in [-0.39, 0.29) is 0 Å². The number of nitrogens with two attached hydrogens (primary N) is 1. The summed E-state index contributed by atoms with van der Waals surface area (Å²) in [6.45, 7) is 2.92. The van der Waals surface area contributed by atoms with E-state index in [0.717, 1.165) is 11.3 Å². The lowest BCUT2D eigenvalue weighted by atomic mass is 10.1. The predicted molar refractivity (Wildman–Crippen MR) is 81.9 cm³/mol. The normalized spacial score (nSPS) is 11.9. The third-order valence-corrected chi connectivity index (χ3v) is 3.00. The van der Waals surface area contributed by atoms with Gasteiger partial charge in [-0.05, 0) is 24.6 Å². The smallest absolute Gasteiger partial charge is 0.144 e. The Bertz CT molecular complexity index is 543. The monoisotopic (exact) mass is 272 g/mol. The Labute approximate surface area is 119 Å². The van der Waals surface area contributed by atoms with Gasteiger partial charge in [-0.2, -0.15) is 0 Å². The van der Waals surface area contributed by atoms with Gasteiger partial charge in [-0.3, -0.25) is 0 Å². The second-order valence-electron chi connectivity index (χ2n) is 4.49. The largest absolute Gasteiger partial charge is 0.492 e. The van der Waals surface area contributed by atoms with Crippen LogP contribution in [-0.4, -0.2) is 18.3 Å². The molecule has 0 amide bonds. The summed E-state index contributed by atoms with van der Waals surface area (Å²) >= 11 is 0. The Morgan fingerprint density at radius 3 is 2.65 bits per heavy atom. The van der Waals surface area contributed by atoms with E-state index in [2.05, 4.69) is 5.32 Å². The second kappa shape index (κ2) is 6.82. The lowest BCUT2D eigenvalue weighted by Gasteiger charge is -2.14. The number of rotatable bonds is 6. The molecule has 4 heteroatoms. The number of nitrogens with one attached hydrogen (secondary N) is 1. The van der Waals surface area contributed by atoms with E-state index >= 15 is 0 Å². The standard InChI is InChI=1S/C16H20N2O2/c1-2-20-16-10-13(8-9-14(16)17)18-11-15(19)12-6-4-3-5-7-12/h3-10,15,18-19H,2,11,17H2,1H3. The summed E-state index contributed by atoms with van der Waals surface area (Å²) in [5.41, 5.74) is 8.19. The van der Waals surface area contributed by atoms with Crippen LogP contribution >= 0.6 is 0 Å². The van der Waals surface area contributed by atoms with Crippen molar-refractivity contribution in [3.63, 3.8) is 0 Å². The Hall–Kier alpha value is -2.20. The van der Waals surface area contributed by atoms with Crippen molar-refractivity contribution in [3.05, 3.63) is 54.1 Å². The second-order valence-corrected chi connectivity index (χ2v) is 4.49. The Morgan fingerprint density at radius 1 is 1.20 bits per heavy atom. The molecule has 0 fully saturated rings. The van der Waals surface area contributed by atoms with Crippen molar-refractivity contribution in [1.29, 1.82) is 0 Å². The number of benzene rings is 2. The van der Waals surface area contributed by atoms with Crippen LogP contribution in [0.5, 0.6) is 5.75 Å². The van der Waals surface area contributed by atoms with Crippen LogP contribution < -0.4 is 15.8 Å². The minimum absolute atomic E-state index is 0.430. The van der Waals surface area contributed by atoms with E-state index in [0.29, 0.717) is 24.6 Å². The van der Waals surface area contributed by atoms with Crippen molar-refractivity contribution in [2.75, 3.05) is 24.2 Å². The third kappa shape index (κ3) is 3.65. The number of hydrogen-bond donors (Lipinski definition) is 3. The molecule has 2 aromatic carbocycles. The molecule has 4 nitrogen and oxygen atoms in total. The first-order valence-electron chi connectivity index (χ1n) is 6.70. The van der Waals surface area contributed by atoms with Crippen LogP contribution in [0.4, 0.5) is 11.4 Å².